The molecular formula is C21H27N3O2. The molecule has 4 rings (SSSR count). The molecule has 5 nitrogen and oxygen atoms in total. The normalized spacial score (nSPS) is 44.0. The second-order valence-electron chi connectivity index (χ2n) is 9.26. The van der Waals surface area contributed by atoms with Crippen LogP contribution in [0.2, 0.25) is 0 Å². The Morgan fingerprint density at radius 1 is 1.23 bits per heavy atom. The van der Waals surface area contributed by atoms with Crippen molar-refractivity contribution in [1.29, 1.82) is 0 Å². The highest BCUT2D eigenvalue weighted by molar-refractivity contribution is 5.92. The van der Waals surface area contributed by atoms with Gasteiger partial charge >= 0.3 is 0 Å². The van der Waals surface area contributed by atoms with Gasteiger partial charge in [-0.15, -0.1) is 0 Å². The first-order valence-electron chi connectivity index (χ1n) is 9.84. The van der Waals surface area contributed by atoms with Crippen LogP contribution in [0, 0.1) is 34.5 Å². The van der Waals surface area contributed by atoms with Gasteiger partial charge in [-0.25, -0.2) is 0 Å². The number of ketones is 2. The average molecular weight is 353 g/mol. The number of carbonyl (C=O) groups excluding carboxylic acids is 2. The summed E-state index contributed by atoms with van der Waals surface area (Å²) in [4.78, 5) is 27.3. The molecular weight excluding hydrogens is 326 g/mol. The first kappa shape index (κ1) is 17.5. The van der Waals surface area contributed by atoms with E-state index >= 15 is 0 Å². The van der Waals surface area contributed by atoms with Crippen molar-refractivity contribution in [2.45, 2.75) is 59.3 Å². The fourth-order valence-electron chi connectivity index (χ4n) is 6.91. The van der Waals surface area contributed by atoms with Gasteiger partial charge in [-0.2, -0.15) is 0 Å². The summed E-state index contributed by atoms with van der Waals surface area (Å²) in [6.45, 7) is 6.29. The van der Waals surface area contributed by atoms with Gasteiger partial charge in [0.1, 0.15) is 5.78 Å². The Kier molecular flexibility index (Phi) is 3.92. The zero-order valence-corrected chi connectivity index (χ0v) is 15.9. The quantitative estimate of drug-likeness (QED) is 0.391. The van der Waals surface area contributed by atoms with E-state index in [1.54, 1.807) is 13.0 Å². The molecule has 0 aromatic heterocycles. The molecule has 0 spiro atoms. The van der Waals surface area contributed by atoms with Crippen molar-refractivity contribution in [3.8, 4) is 0 Å². The smallest absolute Gasteiger partial charge is 0.156 e. The van der Waals surface area contributed by atoms with Crippen LogP contribution in [0.3, 0.4) is 0 Å². The number of hydrogen-bond acceptors (Lipinski definition) is 3. The number of hydrogen-bond donors (Lipinski definition) is 0. The number of rotatable bonds is 2. The Hall–Kier alpha value is -1.87. The zero-order chi connectivity index (χ0) is 18.7. The van der Waals surface area contributed by atoms with Crippen LogP contribution >= 0.6 is 0 Å². The lowest BCUT2D eigenvalue weighted by molar-refractivity contribution is -0.127. The molecule has 0 N–H and O–H groups in total. The molecule has 0 radical (unpaired) electrons. The van der Waals surface area contributed by atoms with Gasteiger partial charge in [0.2, 0.25) is 0 Å². The molecule has 6 atom stereocenters. The van der Waals surface area contributed by atoms with Crippen LogP contribution < -0.4 is 0 Å². The molecule has 0 amide bonds. The number of carbonyl (C=O) groups is 2. The lowest BCUT2D eigenvalue weighted by atomic mass is 9.48. The summed E-state index contributed by atoms with van der Waals surface area (Å²) >= 11 is 0. The average Bonchev–Trinajstić information content (AvgIpc) is 2.94. The van der Waals surface area contributed by atoms with E-state index in [0.717, 1.165) is 37.7 Å². The number of fused-ring (bicyclic) bond motifs is 5. The first-order chi connectivity index (χ1) is 12.3. The molecule has 2 saturated carbocycles. The van der Waals surface area contributed by atoms with Crippen LogP contribution in [0.1, 0.15) is 59.3 Å². The molecule has 138 valence electrons. The second kappa shape index (κ2) is 5.82. The summed E-state index contributed by atoms with van der Waals surface area (Å²) in [5.74, 6) is 1.85. The van der Waals surface area contributed by atoms with E-state index in [2.05, 4.69) is 29.9 Å². The summed E-state index contributed by atoms with van der Waals surface area (Å²) in [5.41, 5.74) is 10.6. The largest absolute Gasteiger partial charge is 0.300 e. The van der Waals surface area contributed by atoms with Crippen molar-refractivity contribution in [1.82, 2.24) is 0 Å². The first-order valence-corrected chi connectivity index (χ1v) is 9.84. The van der Waals surface area contributed by atoms with E-state index in [1.807, 2.05) is 0 Å². The minimum absolute atomic E-state index is 0.0486. The molecule has 26 heavy (non-hydrogen) atoms. The lowest BCUT2D eigenvalue weighted by Crippen LogP contribution is -2.50. The van der Waals surface area contributed by atoms with Gasteiger partial charge in [0.25, 0.3) is 0 Å². The van der Waals surface area contributed by atoms with Crippen LogP contribution in [-0.2, 0) is 9.59 Å². The van der Waals surface area contributed by atoms with Gasteiger partial charge in [0.05, 0.1) is 0 Å². The minimum atomic E-state index is -0.105. The topological polar surface area (TPSA) is 82.9 Å². The Morgan fingerprint density at radius 3 is 2.69 bits per heavy atom. The van der Waals surface area contributed by atoms with Crippen molar-refractivity contribution in [2.24, 2.45) is 39.6 Å². The highest BCUT2D eigenvalue weighted by Gasteiger charge is 2.59. The summed E-state index contributed by atoms with van der Waals surface area (Å²) in [5, 5.41) is 3.98. The van der Waals surface area contributed by atoms with Gasteiger partial charge < -0.3 is 0 Å². The predicted octanol–water partition coefficient (Wildman–Crippen LogP) is 5.14. The highest BCUT2D eigenvalue weighted by Crippen LogP contribution is 2.66. The van der Waals surface area contributed by atoms with Crippen LogP contribution in [-0.4, -0.2) is 11.6 Å². The van der Waals surface area contributed by atoms with Gasteiger partial charge in [-0.1, -0.05) is 25.0 Å². The number of Topliss-reactive ketones (excluding diaryl/α,β-unsaturated/α-hetero) is 1. The predicted molar refractivity (Wildman–Crippen MR) is 98.9 cm³/mol. The van der Waals surface area contributed by atoms with Crippen LogP contribution in [0.15, 0.2) is 28.5 Å². The fourth-order valence-corrected chi connectivity index (χ4v) is 6.91. The fraction of sp³-hybridized carbons (Fsp3) is 0.714. The summed E-state index contributed by atoms with van der Waals surface area (Å²) in [6.07, 6.45) is 9.45. The van der Waals surface area contributed by atoms with E-state index in [1.165, 1.54) is 0 Å². The molecule has 2 fully saturated rings. The monoisotopic (exact) mass is 353 g/mol. The molecule has 0 saturated heterocycles. The third-order valence-electron chi connectivity index (χ3n) is 8.23. The molecule has 0 aromatic rings. The molecule has 5 heteroatoms. The van der Waals surface area contributed by atoms with E-state index in [-0.39, 0.29) is 22.5 Å². The van der Waals surface area contributed by atoms with Crippen LogP contribution in [0.4, 0.5) is 0 Å². The highest BCUT2D eigenvalue weighted by atomic mass is 16.1. The molecule has 4 aliphatic rings. The van der Waals surface area contributed by atoms with Crippen molar-refractivity contribution in [3.63, 3.8) is 0 Å². The van der Waals surface area contributed by atoms with Gasteiger partial charge in [0, 0.05) is 22.9 Å². The third-order valence-corrected chi connectivity index (χ3v) is 8.23. The van der Waals surface area contributed by atoms with E-state index in [9.17, 15) is 9.59 Å². The molecule has 0 unspecified atom stereocenters. The van der Waals surface area contributed by atoms with Gasteiger partial charge in [0.15, 0.2) is 5.78 Å². The van der Waals surface area contributed by atoms with Gasteiger partial charge in [-0.05, 0) is 84.8 Å². The summed E-state index contributed by atoms with van der Waals surface area (Å²) in [7, 11) is 0. The number of allylic oxidation sites excluding steroid dienone is 3. The van der Waals surface area contributed by atoms with Crippen molar-refractivity contribution >= 4 is 11.6 Å². The molecule has 4 aliphatic carbocycles. The Morgan fingerprint density at radius 2 is 2.00 bits per heavy atom. The van der Waals surface area contributed by atoms with Crippen molar-refractivity contribution in [2.75, 3.05) is 0 Å². The second-order valence-corrected chi connectivity index (χ2v) is 9.26. The van der Waals surface area contributed by atoms with E-state index in [0.29, 0.717) is 35.7 Å². The standard InChI is InChI=1S/C21H27N3O2/c1-12(25)15-4-5-16-14-11-19(23-24-22)18-10-13(26)6-8-21(18,3)17(14)7-9-20(15,16)2/h10-11,14-17H,4-9H2,1-3H3/t14-,15+,16-,17-,20+,21+/m0/s1. The number of azide groups is 1. The van der Waals surface area contributed by atoms with Crippen molar-refractivity contribution < 1.29 is 9.59 Å². The molecule has 0 aromatic carbocycles. The molecule has 0 bridgehead atoms. The molecule has 0 heterocycles. The van der Waals surface area contributed by atoms with Crippen LogP contribution in [0.5, 0.6) is 0 Å². The van der Waals surface area contributed by atoms with E-state index < -0.39 is 0 Å². The Balaban J connectivity index is 1.83. The number of nitrogens with zero attached hydrogens (tertiary/aromatic N) is 3. The van der Waals surface area contributed by atoms with Crippen molar-refractivity contribution in [3.05, 3.63) is 33.9 Å². The summed E-state index contributed by atoms with van der Waals surface area (Å²) < 4.78 is 0. The summed E-state index contributed by atoms with van der Waals surface area (Å²) in [6, 6.07) is 0. The maximum Gasteiger partial charge on any atom is 0.156 e. The Bertz CT molecular complexity index is 791. The molecule has 0 aliphatic heterocycles. The zero-order valence-electron chi connectivity index (χ0n) is 15.9. The Labute approximate surface area is 154 Å². The maximum atomic E-state index is 12.2. The minimum Gasteiger partial charge on any atom is -0.300 e. The maximum absolute atomic E-state index is 12.2. The van der Waals surface area contributed by atoms with E-state index in [4.69, 9.17) is 5.53 Å². The van der Waals surface area contributed by atoms with Crippen LogP contribution in [0.25, 0.3) is 10.4 Å². The third kappa shape index (κ3) is 2.26. The lowest BCUT2D eigenvalue weighted by Gasteiger charge is -2.56. The SMILES string of the molecule is CC(=O)[C@H]1CC[C@H]2[C@@H]3C=C(N=[N+]=[N-])C4=CC(=O)CC[C@]4(C)[C@H]3CC[C@]12C. The van der Waals surface area contributed by atoms with Gasteiger partial charge in [-0.3, -0.25) is 9.59 Å².